The van der Waals surface area contributed by atoms with Crippen LogP contribution in [0.4, 0.5) is 5.82 Å². The molecule has 0 fully saturated rings. The molecular formula is C15H21N5. The van der Waals surface area contributed by atoms with E-state index in [0.717, 1.165) is 41.6 Å². The van der Waals surface area contributed by atoms with Gasteiger partial charge in [-0.25, -0.2) is 9.97 Å². The van der Waals surface area contributed by atoms with Crippen molar-refractivity contribution in [2.24, 2.45) is 0 Å². The third kappa shape index (κ3) is 3.10. The predicted octanol–water partition coefficient (Wildman–Crippen LogP) is 3.19. The first-order valence-corrected chi connectivity index (χ1v) is 7.02. The second-order valence-electron chi connectivity index (χ2n) is 5.08. The molecule has 0 aliphatic rings. The van der Waals surface area contributed by atoms with E-state index in [4.69, 9.17) is 0 Å². The fourth-order valence-electron chi connectivity index (χ4n) is 1.88. The summed E-state index contributed by atoms with van der Waals surface area (Å²) in [4.78, 5) is 17.8. The Morgan fingerprint density at radius 1 is 1.20 bits per heavy atom. The van der Waals surface area contributed by atoms with E-state index < -0.39 is 0 Å². The topological polar surface area (TPSA) is 63.6 Å². The maximum atomic E-state index is 4.66. The van der Waals surface area contributed by atoms with E-state index in [0.29, 0.717) is 0 Å². The van der Waals surface area contributed by atoms with E-state index in [2.05, 4.69) is 46.0 Å². The number of nitrogens with one attached hydrogen (secondary N) is 1. The van der Waals surface area contributed by atoms with Crippen LogP contribution in [0.2, 0.25) is 0 Å². The number of hydrogen-bond donors (Lipinski definition) is 1. The summed E-state index contributed by atoms with van der Waals surface area (Å²) in [7, 11) is 0. The molecule has 5 heteroatoms. The standard InChI is InChI=1S/C15H21N5/c1-5-6-18-15-11(4)13(12-9-16-7-8-17-12)19-14(20-15)10(2)3/h7-10H,5-6H2,1-4H3,(H,18,19,20). The van der Waals surface area contributed by atoms with Crippen LogP contribution in [0.15, 0.2) is 18.6 Å². The summed E-state index contributed by atoms with van der Waals surface area (Å²) in [5.41, 5.74) is 2.66. The summed E-state index contributed by atoms with van der Waals surface area (Å²) in [6.07, 6.45) is 6.15. The molecule has 0 radical (unpaired) electrons. The summed E-state index contributed by atoms with van der Waals surface area (Å²) >= 11 is 0. The van der Waals surface area contributed by atoms with Crippen LogP contribution in [0.3, 0.4) is 0 Å². The number of aromatic nitrogens is 4. The van der Waals surface area contributed by atoms with Crippen molar-refractivity contribution < 1.29 is 0 Å². The molecule has 0 amide bonds. The third-order valence-corrected chi connectivity index (χ3v) is 3.03. The minimum absolute atomic E-state index is 0.271. The highest BCUT2D eigenvalue weighted by molar-refractivity contribution is 5.64. The highest BCUT2D eigenvalue weighted by atomic mass is 15.0. The minimum Gasteiger partial charge on any atom is -0.370 e. The second kappa shape index (κ2) is 6.41. The van der Waals surface area contributed by atoms with E-state index in [-0.39, 0.29) is 5.92 Å². The lowest BCUT2D eigenvalue weighted by molar-refractivity contribution is 0.772. The normalized spacial score (nSPS) is 10.8. The first-order chi connectivity index (χ1) is 9.63. The average molecular weight is 271 g/mol. The van der Waals surface area contributed by atoms with Crippen LogP contribution >= 0.6 is 0 Å². The lowest BCUT2D eigenvalue weighted by atomic mass is 10.1. The number of nitrogens with zero attached hydrogens (tertiary/aromatic N) is 4. The molecule has 1 N–H and O–H groups in total. The Bertz CT molecular complexity index is 566. The average Bonchev–Trinajstić information content (AvgIpc) is 2.47. The molecular weight excluding hydrogens is 250 g/mol. The van der Waals surface area contributed by atoms with Gasteiger partial charge in [0.2, 0.25) is 0 Å². The van der Waals surface area contributed by atoms with Crippen molar-refractivity contribution in [1.29, 1.82) is 0 Å². The molecule has 0 aliphatic heterocycles. The Morgan fingerprint density at radius 2 is 2.00 bits per heavy atom. The molecule has 106 valence electrons. The number of hydrogen-bond acceptors (Lipinski definition) is 5. The zero-order chi connectivity index (χ0) is 14.5. The van der Waals surface area contributed by atoms with Gasteiger partial charge in [0, 0.05) is 30.4 Å². The summed E-state index contributed by atoms with van der Waals surface area (Å²) in [6.45, 7) is 9.24. The molecule has 2 rings (SSSR count). The SMILES string of the molecule is CCCNc1nc(C(C)C)nc(-c2cnccn2)c1C. The molecule has 0 saturated carbocycles. The summed E-state index contributed by atoms with van der Waals surface area (Å²) in [6, 6.07) is 0. The molecule has 0 unspecified atom stereocenters. The number of anilines is 1. The van der Waals surface area contributed by atoms with E-state index in [1.54, 1.807) is 18.6 Å². The molecule has 0 bridgehead atoms. The van der Waals surface area contributed by atoms with Crippen molar-refractivity contribution in [3.63, 3.8) is 0 Å². The van der Waals surface area contributed by atoms with Gasteiger partial charge in [-0.15, -0.1) is 0 Å². The molecule has 0 atom stereocenters. The maximum absolute atomic E-state index is 4.66. The van der Waals surface area contributed by atoms with Crippen molar-refractivity contribution in [3.05, 3.63) is 30.0 Å². The van der Waals surface area contributed by atoms with Crippen LogP contribution in [0.25, 0.3) is 11.4 Å². The van der Waals surface area contributed by atoms with Crippen molar-refractivity contribution in [2.75, 3.05) is 11.9 Å². The Morgan fingerprint density at radius 3 is 2.60 bits per heavy atom. The van der Waals surface area contributed by atoms with Crippen molar-refractivity contribution in [3.8, 4) is 11.4 Å². The fourth-order valence-corrected chi connectivity index (χ4v) is 1.88. The Hall–Kier alpha value is -2.04. The van der Waals surface area contributed by atoms with Gasteiger partial charge in [-0.3, -0.25) is 9.97 Å². The molecule has 0 aromatic carbocycles. The Balaban J connectivity index is 2.52. The lowest BCUT2D eigenvalue weighted by Gasteiger charge is -2.14. The van der Waals surface area contributed by atoms with Gasteiger partial charge in [-0.05, 0) is 13.3 Å². The summed E-state index contributed by atoms with van der Waals surface area (Å²) < 4.78 is 0. The van der Waals surface area contributed by atoms with Gasteiger partial charge in [-0.1, -0.05) is 20.8 Å². The van der Waals surface area contributed by atoms with Crippen molar-refractivity contribution in [2.45, 2.75) is 40.0 Å². The maximum Gasteiger partial charge on any atom is 0.134 e. The second-order valence-corrected chi connectivity index (χ2v) is 5.08. The van der Waals surface area contributed by atoms with Gasteiger partial charge in [0.25, 0.3) is 0 Å². The first-order valence-electron chi connectivity index (χ1n) is 7.02. The minimum atomic E-state index is 0.271. The van der Waals surface area contributed by atoms with E-state index in [9.17, 15) is 0 Å². The molecule has 2 aromatic heterocycles. The largest absolute Gasteiger partial charge is 0.370 e. The molecule has 20 heavy (non-hydrogen) atoms. The molecule has 0 aliphatic carbocycles. The monoisotopic (exact) mass is 271 g/mol. The smallest absolute Gasteiger partial charge is 0.134 e. The third-order valence-electron chi connectivity index (χ3n) is 3.03. The van der Waals surface area contributed by atoms with E-state index >= 15 is 0 Å². The van der Waals surface area contributed by atoms with Crippen LogP contribution < -0.4 is 5.32 Å². The molecule has 0 saturated heterocycles. The van der Waals surface area contributed by atoms with Crippen LogP contribution in [0, 0.1) is 6.92 Å². The van der Waals surface area contributed by atoms with E-state index in [1.165, 1.54) is 0 Å². The molecule has 2 aromatic rings. The summed E-state index contributed by atoms with van der Waals surface area (Å²) in [5, 5.41) is 3.37. The van der Waals surface area contributed by atoms with Crippen molar-refractivity contribution >= 4 is 5.82 Å². The van der Waals surface area contributed by atoms with Gasteiger partial charge in [-0.2, -0.15) is 0 Å². The van der Waals surface area contributed by atoms with Crippen LogP contribution in [-0.2, 0) is 0 Å². The van der Waals surface area contributed by atoms with E-state index in [1.807, 2.05) is 6.92 Å². The molecule has 5 nitrogen and oxygen atoms in total. The van der Waals surface area contributed by atoms with Crippen LogP contribution in [-0.4, -0.2) is 26.5 Å². The Labute approximate surface area is 119 Å². The molecule has 2 heterocycles. The van der Waals surface area contributed by atoms with Gasteiger partial charge in [0.15, 0.2) is 0 Å². The van der Waals surface area contributed by atoms with Crippen LogP contribution in [0.5, 0.6) is 0 Å². The van der Waals surface area contributed by atoms with Crippen LogP contribution in [0.1, 0.15) is 44.5 Å². The van der Waals surface area contributed by atoms with Gasteiger partial charge in [0.05, 0.1) is 11.9 Å². The lowest BCUT2D eigenvalue weighted by Crippen LogP contribution is -2.10. The molecule has 0 spiro atoms. The number of rotatable bonds is 5. The van der Waals surface area contributed by atoms with Gasteiger partial charge < -0.3 is 5.32 Å². The van der Waals surface area contributed by atoms with Gasteiger partial charge >= 0.3 is 0 Å². The zero-order valence-electron chi connectivity index (χ0n) is 12.5. The highest BCUT2D eigenvalue weighted by Gasteiger charge is 2.15. The fraction of sp³-hybridized carbons (Fsp3) is 0.467. The van der Waals surface area contributed by atoms with Gasteiger partial charge in [0.1, 0.15) is 17.3 Å². The first kappa shape index (κ1) is 14.4. The quantitative estimate of drug-likeness (QED) is 0.904. The van der Waals surface area contributed by atoms with Crippen molar-refractivity contribution in [1.82, 2.24) is 19.9 Å². The Kier molecular flexibility index (Phi) is 4.61. The highest BCUT2D eigenvalue weighted by Crippen LogP contribution is 2.25. The predicted molar refractivity (Wildman–Crippen MR) is 80.7 cm³/mol. The zero-order valence-corrected chi connectivity index (χ0v) is 12.5. The summed E-state index contributed by atoms with van der Waals surface area (Å²) in [5.74, 6) is 1.99.